The van der Waals surface area contributed by atoms with Gasteiger partial charge in [-0.2, -0.15) is 13.2 Å². The SMILES string of the molecule is CCCCc1ccc2c(c1)OC(C(F)(F)F)C(C(=O)OCC)=C2. The molecule has 1 aromatic rings. The van der Waals surface area contributed by atoms with E-state index in [9.17, 15) is 18.0 Å². The van der Waals surface area contributed by atoms with Crippen LogP contribution in [0.4, 0.5) is 13.2 Å². The summed E-state index contributed by atoms with van der Waals surface area (Å²) in [7, 11) is 0. The summed E-state index contributed by atoms with van der Waals surface area (Å²) in [4.78, 5) is 11.8. The number of esters is 1. The largest absolute Gasteiger partial charge is 0.475 e. The number of hydrogen-bond donors (Lipinski definition) is 0. The minimum absolute atomic E-state index is 0.00353. The van der Waals surface area contributed by atoms with Crippen LogP contribution in [0.1, 0.15) is 37.8 Å². The highest BCUT2D eigenvalue weighted by atomic mass is 19.4. The van der Waals surface area contributed by atoms with Crippen LogP contribution in [0.25, 0.3) is 6.08 Å². The minimum atomic E-state index is -4.68. The normalized spacial score (nSPS) is 17.1. The monoisotopic (exact) mass is 328 g/mol. The molecule has 1 unspecified atom stereocenters. The Morgan fingerprint density at radius 2 is 2.04 bits per heavy atom. The van der Waals surface area contributed by atoms with Crippen LogP contribution < -0.4 is 4.74 Å². The highest BCUT2D eigenvalue weighted by Crippen LogP contribution is 2.38. The lowest BCUT2D eigenvalue weighted by Gasteiger charge is -2.28. The van der Waals surface area contributed by atoms with Crippen LogP contribution in [0, 0.1) is 0 Å². The van der Waals surface area contributed by atoms with Crippen molar-refractivity contribution in [1.82, 2.24) is 0 Å². The first-order chi connectivity index (χ1) is 10.9. The fraction of sp³-hybridized carbons (Fsp3) is 0.471. The number of halogens is 3. The van der Waals surface area contributed by atoms with Gasteiger partial charge in [-0.25, -0.2) is 4.79 Å². The van der Waals surface area contributed by atoms with Gasteiger partial charge in [0.1, 0.15) is 5.75 Å². The number of carbonyl (C=O) groups excluding carboxylic acids is 1. The molecule has 0 saturated heterocycles. The summed E-state index contributed by atoms with van der Waals surface area (Å²) in [5.74, 6) is -0.857. The van der Waals surface area contributed by atoms with Gasteiger partial charge in [-0.05, 0) is 37.5 Å². The summed E-state index contributed by atoms with van der Waals surface area (Å²) in [5.41, 5.74) is 0.849. The quantitative estimate of drug-likeness (QED) is 0.756. The number of fused-ring (bicyclic) bond motifs is 1. The van der Waals surface area contributed by atoms with Crippen molar-refractivity contribution in [1.29, 1.82) is 0 Å². The molecule has 1 aliphatic rings. The first kappa shape index (κ1) is 17.4. The number of rotatable bonds is 5. The Balaban J connectivity index is 2.38. The molecular formula is C17H19F3O3. The zero-order valence-corrected chi connectivity index (χ0v) is 13.1. The summed E-state index contributed by atoms with van der Waals surface area (Å²) in [6.07, 6.45) is -3.05. The second-order valence-corrected chi connectivity index (χ2v) is 5.34. The lowest BCUT2D eigenvalue weighted by molar-refractivity contribution is -0.187. The summed E-state index contributed by atoms with van der Waals surface area (Å²) in [6, 6.07) is 5.12. The Bertz CT molecular complexity index is 606. The van der Waals surface area contributed by atoms with E-state index < -0.39 is 23.8 Å². The van der Waals surface area contributed by atoms with E-state index in [1.807, 2.05) is 13.0 Å². The first-order valence-electron chi connectivity index (χ1n) is 7.61. The molecule has 1 heterocycles. The van der Waals surface area contributed by atoms with Crippen LogP contribution in [0.5, 0.6) is 5.75 Å². The minimum Gasteiger partial charge on any atom is -0.475 e. The second kappa shape index (κ2) is 7.06. The molecular weight excluding hydrogens is 309 g/mol. The molecule has 2 rings (SSSR count). The number of hydrogen-bond acceptors (Lipinski definition) is 3. The summed E-state index contributed by atoms with van der Waals surface area (Å²) < 4.78 is 49.5. The van der Waals surface area contributed by atoms with Gasteiger partial charge in [-0.3, -0.25) is 0 Å². The number of benzene rings is 1. The highest BCUT2D eigenvalue weighted by molar-refractivity contribution is 5.96. The zero-order valence-electron chi connectivity index (χ0n) is 13.1. The van der Waals surface area contributed by atoms with Crippen LogP contribution in [0.3, 0.4) is 0 Å². The van der Waals surface area contributed by atoms with Crippen molar-refractivity contribution >= 4 is 12.0 Å². The third-order valence-electron chi connectivity index (χ3n) is 3.54. The smallest absolute Gasteiger partial charge is 0.430 e. The Hall–Kier alpha value is -1.98. The second-order valence-electron chi connectivity index (χ2n) is 5.34. The molecule has 1 aromatic carbocycles. The van der Waals surface area contributed by atoms with Crippen LogP contribution in [-0.2, 0) is 16.0 Å². The van der Waals surface area contributed by atoms with Crippen molar-refractivity contribution in [3.8, 4) is 5.75 Å². The lowest BCUT2D eigenvalue weighted by Crippen LogP contribution is -2.40. The van der Waals surface area contributed by atoms with E-state index in [4.69, 9.17) is 9.47 Å². The topological polar surface area (TPSA) is 35.5 Å². The third-order valence-corrected chi connectivity index (χ3v) is 3.54. The van der Waals surface area contributed by atoms with Crippen LogP contribution in [0.15, 0.2) is 23.8 Å². The number of unbranched alkanes of at least 4 members (excludes halogenated alkanes) is 1. The molecule has 0 aliphatic carbocycles. The van der Waals surface area contributed by atoms with Gasteiger partial charge in [0.05, 0.1) is 12.2 Å². The van der Waals surface area contributed by atoms with Gasteiger partial charge in [0.25, 0.3) is 0 Å². The van der Waals surface area contributed by atoms with Crippen molar-refractivity contribution in [2.24, 2.45) is 0 Å². The molecule has 1 atom stereocenters. The third kappa shape index (κ3) is 4.06. The first-order valence-corrected chi connectivity index (χ1v) is 7.61. The van der Waals surface area contributed by atoms with Crippen molar-refractivity contribution in [2.75, 3.05) is 6.61 Å². The molecule has 0 saturated carbocycles. The van der Waals surface area contributed by atoms with Gasteiger partial charge in [0.2, 0.25) is 6.10 Å². The predicted molar refractivity (Wildman–Crippen MR) is 80.1 cm³/mol. The maximum atomic E-state index is 13.2. The summed E-state index contributed by atoms with van der Waals surface area (Å²) in [6.45, 7) is 3.59. The summed E-state index contributed by atoms with van der Waals surface area (Å²) >= 11 is 0. The molecule has 1 aliphatic heterocycles. The van der Waals surface area contributed by atoms with E-state index in [1.165, 1.54) is 6.08 Å². The van der Waals surface area contributed by atoms with Crippen LogP contribution in [0.2, 0.25) is 0 Å². The summed E-state index contributed by atoms with van der Waals surface area (Å²) in [5, 5.41) is 0. The number of alkyl halides is 3. The van der Waals surface area contributed by atoms with Gasteiger partial charge < -0.3 is 9.47 Å². The molecule has 3 nitrogen and oxygen atoms in total. The number of ether oxygens (including phenoxy) is 2. The van der Waals surface area contributed by atoms with Crippen molar-refractivity contribution in [3.63, 3.8) is 0 Å². The molecule has 0 fully saturated rings. The fourth-order valence-corrected chi connectivity index (χ4v) is 2.39. The average molecular weight is 328 g/mol. The predicted octanol–water partition coefficient (Wildman–Crippen LogP) is 4.30. The highest BCUT2D eigenvalue weighted by Gasteiger charge is 2.48. The Morgan fingerprint density at radius 3 is 2.65 bits per heavy atom. The van der Waals surface area contributed by atoms with Gasteiger partial charge >= 0.3 is 12.1 Å². The molecule has 0 aromatic heterocycles. The standard InChI is InChI=1S/C17H19F3O3/c1-3-5-6-11-7-8-12-10-13(16(21)22-4-2)15(17(18,19)20)23-14(12)9-11/h7-10,15H,3-6H2,1-2H3. The number of carbonyl (C=O) groups is 1. The van der Waals surface area contributed by atoms with E-state index in [1.54, 1.807) is 19.1 Å². The number of aryl methyl sites for hydroxylation is 1. The molecule has 0 bridgehead atoms. The van der Waals surface area contributed by atoms with E-state index in [-0.39, 0.29) is 12.4 Å². The fourth-order valence-electron chi connectivity index (χ4n) is 2.39. The maximum Gasteiger partial charge on any atom is 0.430 e. The maximum absolute atomic E-state index is 13.2. The Morgan fingerprint density at radius 1 is 1.30 bits per heavy atom. The van der Waals surface area contributed by atoms with Gasteiger partial charge in [-0.1, -0.05) is 25.5 Å². The van der Waals surface area contributed by atoms with Crippen molar-refractivity contribution < 1.29 is 27.4 Å². The Labute approximate surface area is 133 Å². The van der Waals surface area contributed by atoms with Crippen molar-refractivity contribution in [2.45, 2.75) is 45.4 Å². The van der Waals surface area contributed by atoms with Crippen LogP contribution in [-0.4, -0.2) is 24.9 Å². The van der Waals surface area contributed by atoms with Crippen molar-refractivity contribution in [3.05, 3.63) is 34.9 Å². The molecule has 0 spiro atoms. The van der Waals surface area contributed by atoms with E-state index in [0.29, 0.717) is 5.56 Å². The van der Waals surface area contributed by atoms with Gasteiger partial charge in [-0.15, -0.1) is 0 Å². The van der Waals surface area contributed by atoms with E-state index in [2.05, 4.69) is 0 Å². The van der Waals surface area contributed by atoms with Crippen LogP contribution >= 0.6 is 0 Å². The van der Waals surface area contributed by atoms with Gasteiger partial charge in [0.15, 0.2) is 0 Å². The molecule has 0 N–H and O–H groups in total. The van der Waals surface area contributed by atoms with Gasteiger partial charge in [0, 0.05) is 5.56 Å². The Kier molecular flexibility index (Phi) is 5.34. The van der Waals surface area contributed by atoms with E-state index >= 15 is 0 Å². The molecule has 0 amide bonds. The molecule has 23 heavy (non-hydrogen) atoms. The molecule has 126 valence electrons. The average Bonchev–Trinajstić information content (AvgIpc) is 2.50. The zero-order chi connectivity index (χ0) is 17.0. The molecule has 0 radical (unpaired) electrons. The lowest BCUT2D eigenvalue weighted by atomic mass is 9.98. The van der Waals surface area contributed by atoms with E-state index in [0.717, 1.165) is 24.8 Å². The molecule has 6 heteroatoms.